The van der Waals surface area contributed by atoms with Gasteiger partial charge < -0.3 is 4.90 Å². The average molecular weight is 222 g/mol. The largest absolute Gasteiger partial charge is 0.308 e. The molecule has 0 radical (unpaired) electrons. The van der Waals surface area contributed by atoms with E-state index in [4.69, 9.17) is 11.6 Å². The molecule has 0 spiro atoms. The monoisotopic (exact) mass is 221 g/mol. The zero-order chi connectivity index (χ0) is 11.0. The smallest absolute Gasteiger partial charge is 0.258 e. The highest BCUT2D eigenvalue weighted by Gasteiger charge is 2.30. The summed E-state index contributed by atoms with van der Waals surface area (Å²) in [6.45, 7) is 6.68. The molecule has 3 heteroatoms. The van der Waals surface area contributed by atoms with E-state index >= 15 is 0 Å². The van der Waals surface area contributed by atoms with Crippen molar-refractivity contribution in [2.45, 2.75) is 13.3 Å². The van der Waals surface area contributed by atoms with Crippen molar-refractivity contribution in [3.63, 3.8) is 0 Å². The lowest BCUT2D eigenvalue weighted by molar-refractivity contribution is 0.0850. The number of hydrogen-bond donors (Lipinski definition) is 0. The van der Waals surface area contributed by atoms with E-state index in [2.05, 4.69) is 6.58 Å². The van der Waals surface area contributed by atoms with Gasteiger partial charge in [-0.1, -0.05) is 25.1 Å². The fourth-order valence-electron chi connectivity index (χ4n) is 1.82. The molecule has 1 aromatic rings. The summed E-state index contributed by atoms with van der Waals surface area (Å²) < 4.78 is 0. The molecule has 2 nitrogen and oxygen atoms in total. The SMILES string of the molecule is C=C1c2cc(Cl)ccc2C(=O)N1CCC. The maximum absolute atomic E-state index is 11.9. The first-order valence-corrected chi connectivity index (χ1v) is 5.33. The second-order valence-corrected chi connectivity index (χ2v) is 4.03. The highest BCUT2D eigenvalue weighted by Crippen LogP contribution is 2.33. The topological polar surface area (TPSA) is 20.3 Å². The molecule has 1 aromatic carbocycles. The summed E-state index contributed by atoms with van der Waals surface area (Å²) in [6, 6.07) is 5.30. The van der Waals surface area contributed by atoms with Gasteiger partial charge in [-0.25, -0.2) is 0 Å². The van der Waals surface area contributed by atoms with Crippen LogP contribution in [0.2, 0.25) is 5.02 Å². The lowest BCUT2D eigenvalue weighted by Gasteiger charge is -2.15. The Labute approximate surface area is 94.2 Å². The summed E-state index contributed by atoms with van der Waals surface area (Å²) in [5.74, 6) is 0.0357. The first-order chi connectivity index (χ1) is 7.15. The molecule has 0 unspecified atom stereocenters. The van der Waals surface area contributed by atoms with Crippen LogP contribution >= 0.6 is 11.6 Å². The van der Waals surface area contributed by atoms with Crippen LogP contribution in [-0.2, 0) is 0 Å². The summed E-state index contributed by atoms with van der Waals surface area (Å²) in [5, 5.41) is 0.640. The van der Waals surface area contributed by atoms with E-state index < -0.39 is 0 Å². The van der Waals surface area contributed by atoms with Gasteiger partial charge in [0.05, 0.1) is 0 Å². The molecule has 0 saturated carbocycles. The minimum absolute atomic E-state index is 0.0357. The van der Waals surface area contributed by atoms with E-state index in [-0.39, 0.29) is 5.91 Å². The molecule has 0 aromatic heterocycles. The van der Waals surface area contributed by atoms with Gasteiger partial charge in [0.2, 0.25) is 0 Å². The minimum Gasteiger partial charge on any atom is -0.308 e. The third-order valence-electron chi connectivity index (χ3n) is 2.54. The fourth-order valence-corrected chi connectivity index (χ4v) is 1.99. The Hall–Kier alpha value is -1.28. The Bertz CT molecular complexity index is 439. The second kappa shape index (κ2) is 3.70. The van der Waals surface area contributed by atoms with Crippen LogP contribution in [-0.4, -0.2) is 17.4 Å². The summed E-state index contributed by atoms with van der Waals surface area (Å²) in [5.41, 5.74) is 2.33. The molecule has 0 N–H and O–H groups in total. The molecule has 1 aliphatic heterocycles. The van der Waals surface area contributed by atoms with Gasteiger partial charge in [-0.3, -0.25) is 4.79 Å². The van der Waals surface area contributed by atoms with Crippen molar-refractivity contribution in [2.24, 2.45) is 0 Å². The van der Waals surface area contributed by atoms with Gasteiger partial charge in [-0.15, -0.1) is 0 Å². The van der Waals surface area contributed by atoms with Gasteiger partial charge in [0.15, 0.2) is 0 Å². The van der Waals surface area contributed by atoms with Crippen molar-refractivity contribution >= 4 is 23.2 Å². The maximum atomic E-state index is 11.9. The summed E-state index contributed by atoms with van der Waals surface area (Å²) >= 11 is 5.89. The van der Waals surface area contributed by atoms with E-state index in [0.29, 0.717) is 17.1 Å². The zero-order valence-corrected chi connectivity index (χ0v) is 9.34. The molecule has 78 valence electrons. The van der Waals surface area contributed by atoms with Crippen molar-refractivity contribution in [3.8, 4) is 0 Å². The predicted octanol–water partition coefficient (Wildman–Crippen LogP) is 3.18. The molecule has 0 saturated heterocycles. The number of carbonyl (C=O) groups is 1. The normalized spacial score (nSPS) is 14.7. The van der Waals surface area contributed by atoms with Crippen LogP contribution in [0.25, 0.3) is 5.70 Å². The highest BCUT2D eigenvalue weighted by molar-refractivity contribution is 6.31. The van der Waals surface area contributed by atoms with Crippen molar-refractivity contribution in [1.82, 2.24) is 4.90 Å². The van der Waals surface area contributed by atoms with Gasteiger partial charge >= 0.3 is 0 Å². The fraction of sp³-hybridized carbons (Fsp3) is 0.250. The molecule has 1 aliphatic rings. The molecule has 1 heterocycles. The van der Waals surface area contributed by atoms with E-state index in [1.54, 1.807) is 23.1 Å². The number of hydrogen-bond acceptors (Lipinski definition) is 1. The lowest BCUT2D eigenvalue weighted by Crippen LogP contribution is -2.23. The molecule has 2 rings (SSSR count). The highest BCUT2D eigenvalue weighted by atomic mass is 35.5. The van der Waals surface area contributed by atoms with Crippen molar-refractivity contribution in [2.75, 3.05) is 6.54 Å². The van der Waals surface area contributed by atoms with E-state index in [1.807, 2.05) is 6.92 Å². The molecular weight excluding hydrogens is 210 g/mol. The minimum atomic E-state index is 0.0357. The molecule has 1 amide bonds. The van der Waals surface area contributed by atoms with Crippen LogP contribution in [0, 0.1) is 0 Å². The van der Waals surface area contributed by atoms with Crippen molar-refractivity contribution < 1.29 is 4.79 Å². The standard InChI is InChI=1S/C12H12ClNO/c1-3-6-14-8(2)11-7-9(13)4-5-10(11)12(14)15/h4-5,7H,2-3,6H2,1H3. The molecular formula is C12H12ClNO. The van der Waals surface area contributed by atoms with Crippen LogP contribution in [0.5, 0.6) is 0 Å². The van der Waals surface area contributed by atoms with Gasteiger partial charge in [0, 0.05) is 28.4 Å². The number of rotatable bonds is 2. The van der Waals surface area contributed by atoms with Crippen molar-refractivity contribution in [3.05, 3.63) is 40.9 Å². The van der Waals surface area contributed by atoms with Gasteiger partial charge in [0.1, 0.15) is 0 Å². The van der Waals surface area contributed by atoms with Gasteiger partial charge in [0.25, 0.3) is 5.91 Å². The first kappa shape index (κ1) is 10.2. The Balaban J connectivity index is 2.46. The third-order valence-corrected chi connectivity index (χ3v) is 2.78. The molecule has 0 bridgehead atoms. The van der Waals surface area contributed by atoms with Crippen LogP contribution in [0.1, 0.15) is 29.3 Å². The summed E-state index contributed by atoms with van der Waals surface area (Å²) in [6.07, 6.45) is 0.923. The molecule has 15 heavy (non-hydrogen) atoms. The number of fused-ring (bicyclic) bond motifs is 1. The molecule has 0 atom stereocenters. The van der Waals surface area contributed by atoms with Crippen LogP contribution < -0.4 is 0 Å². The quantitative estimate of drug-likeness (QED) is 0.751. The number of amides is 1. The van der Waals surface area contributed by atoms with Crippen molar-refractivity contribution in [1.29, 1.82) is 0 Å². The Kier molecular flexibility index (Phi) is 2.53. The molecule has 0 fully saturated rings. The van der Waals surface area contributed by atoms with Crippen LogP contribution in [0.15, 0.2) is 24.8 Å². The summed E-state index contributed by atoms with van der Waals surface area (Å²) in [7, 11) is 0. The molecule has 0 aliphatic carbocycles. The number of carbonyl (C=O) groups excluding carboxylic acids is 1. The van der Waals surface area contributed by atoms with Crippen LogP contribution in [0.4, 0.5) is 0 Å². The number of nitrogens with zero attached hydrogens (tertiary/aromatic N) is 1. The number of benzene rings is 1. The Morgan fingerprint density at radius 3 is 2.80 bits per heavy atom. The van der Waals surface area contributed by atoms with Crippen LogP contribution in [0.3, 0.4) is 0 Å². The third kappa shape index (κ3) is 1.55. The lowest BCUT2D eigenvalue weighted by atomic mass is 10.1. The Morgan fingerprint density at radius 1 is 1.40 bits per heavy atom. The first-order valence-electron chi connectivity index (χ1n) is 4.96. The Morgan fingerprint density at radius 2 is 2.13 bits per heavy atom. The second-order valence-electron chi connectivity index (χ2n) is 3.59. The predicted molar refractivity (Wildman–Crippen MR) is 61.8 cm³/mol. The zero-order valence-electron chi connectivity index (χ0n) is 8.59. The number of halogens is 1. The van der Waals surface area contributed by atoms with E-state index in [0.717, 1.165) is 17.7 Å². The van der Waals surface area contributed by atoms with E-state index in [9.17, 15) is 4.79 Å². The van der Waals surface area contributed by atoms with Gasteiger partial charge in [-0.2, -0.15) is 0 Å². The average Bonchev–Trinajstić information content (AvgIpc) is 2.44. The van der Waals surface area contributed by atoms with E-state index in [1.165, 1.54) is 0 Å². The van der Waals surface area contributed by atoms with Gasteiger partial charge in [-0.05, 0) is 24.6 Å². The maximum Gasteiger partial charge on any atom is 0.258 e. The summed E-state index contributed by atoms with van der Waals surface area (Å²) in [4.78, 5) is 13.6.